The third kappa shape index (κ3) is 2.46. The minimum atomic E-state index is 0.452. The predicted molar refractivity (Wildman–Crippen MR) is 85.6 cm³/mol. The number of hydrogen-bond donors (Lipinski definition) is 1. The molecule has 0 fully saturated rings. The Morgan fingerprint density at radius 1 is 1.00 bits per heavy atom. The number of nitrogens with zero attached hydrogens (tertiary/aromatic N) is 4. The van der Waals surface area contributed by atoms with Gasteiger partial charge in [-0.05, 0) is 28.7 Å². The smallest absolute Gasteiger partial charge is 0.180 e. The molecule has 0 spiro atoms. The summed E-state index contributed by atoms with van der Waals surface area (Å²) < 4.78 is 0.839. The van der Waals surface area contributed by atoms with Crippen LogP contribution in [0, 0.1) is 3.57 Å². The molecule has 0 atom stereocenters. The lowest BCUT2D eigenvalue weighted by Gasteiger charge is -2.08. The number of rotatable bonds is 2. The summed E-state index contributed by atoms with van der Waals surface area (Å²) >= 11 is 2.16. The van der Waals surface area contributed by atoms with Gasteiger partial charge in [-0.2, -0.15) is 0 Å². The highest BCUT2D eigenvalue weighted by molar-refractivity contribution is 14.1. The van der Waals surface area contributed by atoms with Gasteiger partial charge in [0, 0.05) is 11.8 Å². The first kappa shape index (κ1) is 12.9. The van der Waals surface area contributed by atoms with Crippen LogP contribution in [-0.4, -0.2) is 19.9 Å². The lowest BCUT2D eigenvalue weighted by atomic mass is 10.1. The van der Waals surface area contributed by atoms with Crippen molar-refractivity contribution in [2.45, 2.75) is 0 Å². The van der Waals surface area contributed by atoms with Crippen LogP contribution in [0.4, 0.5) is 5.82 Å². The van der Waals surface area contributed by atoms with Gasteiger partial charge in [-0.1, -0.05) is 30.3 Å². The fourth-order valence-corrected chi connectivity index (χ4v) is 2.34. The second-order valence-electron chi connectivity index (χ2n) is 4.06. The Balaban J connectivity index is 2.19. The quantitative estimate of drug-likeness (QED) is 0.697. The average Bonchev–Trinajstić information content (AvgIpc) is 2.51. The molecule has 0 saturated carbocycles. The number of nitrogens with two attached hydrogens (primary N) is 1. The van der Waals surface area contributed by atoms with Crippen LogP contribution in [0.3, 0.4) is 0 Å². The topological polar surface area (TPSA) is 77.6 Å². The SMILES string of the molecule is Nc1nc(-c2ccncn2)nc(-c2ccccc2)c1I. The molecule has 0 radical (unpaired) electrons. The van der Waals surface area contributed by atoms with Crippen molar-refractivity contribution in [2.75, 3.05) is 5.73 Å². The Hall–Kier alpha value is -2.09. The summed E-state index contributed by atoms with van der Waals surface area (Å²) in [5.41, 5.74) is 8.46. The minimum Gasteiger partial charge on any atom is -0.383 e. The molecule has 2 heterocycles. The van der Waals surface area contributed by atoms with Crippen molar-refractivity contribution >= 4 is 28.4 Å². The molecule has 5 nitrogen and oxygen atoms in total. The van der Waals surface area contributed by atoms with E-state index in [9.17, 15) is 0 Å². The van der Waals surface area contributed by atoms with Crippen LogP contribution >= 0.6 is 22.6 Å². The third-order valence-corrected chi connectivity index (χ3v) is 3.80. The summed E-state index contributed by atoms with van der Waals surface area (Å²) in [6.45, 7) is 0. The van der Waals surface area contributed by atoms with E-state index in [0.717, 1.165) is 14.8 Å². The van der Waals surface area contributed by atoms with E-state index in [-0.39, 0.29) is 0 Å². The zero-order valence-corrected chi connectivity index (χ0v) is 12.5. The zero-order chi connectivity index (χ0) is 13.9. The second-order valence-corrected chi connectivity index (χ2v) is 5.13. The van der Waals surface area contributed by atoms with Crippen LogP contribution in [0.5, 0.6) is 0 Å². The number of benzene rings is 1. The Kier molecular flexibility index (Phi) is 3.55. The van der Waals surface area contributed by atoms with Gasteiger partial charge in [0.2, 0.25) is 0 Å². The van der Waals surface area contributed by atoms with Gasteiger partial charge in [-0.25, -0.2) is 19.9 Å². The van der Waals surface area contributed by atoms with Gasteiger partial charge in [-0.3, -0.25) is 0 Å². The molecule has 0 amide bonds. The third-order valence-electron chi connectivity index (χ3n) is 2.74. The molecule has 0 saturated heterocycles. The Morgan fingerprint density at radius 3 is 2.50 bits per heavy atom. The molecule has 2 aromatic heterocycles. The molecule has 20 heavy (non-hydrogen) atoms. The van der Waals surface area contributed by atoms with Crippen molar-refractivity contribution in [1.82, 2.24) is 19.9 Å². The van der Waals surface area contributed by atoms with Gasteiger partial charge in [0.05, 0.1) is 9.26 Å². The second kappa shape index (κ2) is 5.49. The summed E-state index contributed by atoms with van der Waals surface area (Å²) in [6, 6.07) is 11.6. The van der Waals surface area contributed by atoms with Crippen LogP contribution in [0.15, 0.2) is 48.9 Å². The van der Waals surface area contributed by atoms with E-state index >= 15 is 0 Å². The zero-order valence-electron chi connectivity index (χ0n) is 10.4. The predicted octanol–water partition coefficient (Wildman–Crippen LogP) is 2.79. The molecule has 98 valence electrons. The molecule has 3 rings (SSSR count). The van der Waals surface area contributed by atoms with Crippen LogP contribution in [-0.2, 0) is 0 Å². The van der Waals surface area contributed by atoms with E-state index in [1.54, 1.807) is 12.3 Å². The van der Waals surface area contributed by atoms with E-state index < -0.39 is 0 Å². The number of anilines is 1. The van der Waals surface area contributed by atoms with Crippen LogP contribution in [0.2, 0.25) is 0 Å². The van der Waals surface area contributed by atoms with Crippen molar-refractivity contribution in [2.24, 2.45) is 0 Å². The molecule has 0 aliphatic heterocycles. The molecule has 3 aromatic rings. The number of hydrogen-bond acceptors (Lipinski definition) is 5. The Labute approximate surface area is 129 Å². The lowest BCUT2D eigenvalue weighted by molar-refractivity contribution is 1.10. The average molecular weight is 375 g/mol. The lowest BCUT2D eigenvalue weighted by Crippen LogP contribution is -2.03. The number of nitrogen functional groups attached to an aromatic ring is 1. The summed E-state index contributed by atoms with van der Waals surface area (Å²) in [4.78, 5) is 16.9. The molecule has 2 N–H and O–H groups in total. The first-order valence-electron chi connectivity index (χ1n) is 5.90. The van der Waals surface area contributed by atoms with E-state index in [2.05, 4.69) is 42.5 Å². The maximum absolute atomic E-state index is 5.99. The maximum Gasteiger partial charge on any atom is 0.180 e. The fourth-order valence-electron chi connectivity index (χ4n) is 1.79. The van der Waals surface area contributed by atoms with E-state index in [1.807, 2.05) is 30.3 Å². The van der Waals surface area contributed by atoms with Gasteiger partial charge in [0.25, 0.3) is 0 Å². The molecule has 1 aromatic carbocycles. The first-order valence-corrected chi connectivity index (χ1v) is 6.98. The van der Waals surface area contributed by atoms with Crippen LogP contribution < -0.4 is 5.73 Å². The van der Waals surface area contributed by atoms with Crippen molar-refractivity contribution in [3.8, 4) is 22.8 Å². The first-order chi connectivity index (χ1) is 9.75. The van der Waals surface area contributed by atoms with E-state index in [0.29, 0.717) is 17.3 Å². The summed E-state index contributed by atoms with van der Waals surface area (Å²) in [6.07, 6.45) is 3.12. The molecular weight excluding hydrogens is 365 g/mol. The van der Waals surface area contributed by atoms with E-state index in [1.165, 1.54) is 6.33 Å². The molecule has 0 unspecified atom stereocenters. The molecular formula is C14H10IN5. The summed E-state index contributed by atoms with van der Waals surface area (Å²) in [5.74, 6) is 0.956. The Bertz CT molecular complexity index is 731. The van der Waals surface area contributed by atoms with Gasteiger partial charge >= 0.3 is 0 Å². The molecule has 0 bridgehead atoms. The number of aromatic nitrogens is 4. The normalized spacial score (nSPS) is 10.4. The van der Waals surface area contributed by atoms with Crippen LogP contribution in [0.1, 0.15) is 0 Å². The highest BCUT2D eigenvalue weighted by Gasteiger charge is 2.13. The number of halogens is 1. The maximum atomic E-state index is 5.99. The van der Waals surface area contributed by atoms with Crippen molar-refractivity contribution in [1.29, 1.82) is 0 Å². The largest absolute Gasteiger partial charge is 0.383 e. The highest BCUT2D eigenvalue weighted by atomic mass is 127. The molecule has 0 aliphatic carbocycles. The van der Waals surface area contributed by atoms with E-state index in [4.69, 9.17) is 5.73 Å². The summed E-state index contributed by atoms with van der Waals surface area (Å²) in [5, 5.41) is 0. The van der Waals surface area contributed by atoms with Crippen LogP contribution in [0.25, 0.3) is 22.8 Å². The van der Waals surface area contributed by atoms with Crippen molar-refractivity contribution in [3.63, 3.8) is 0 Å². The standard InChI is InChI=1S/C14H10IN5/c15-11-12(9-4-2-1-3-5-9)19-14(20-13(11)16)10-6-7-17-8-18-10/h1-8H,(H2,16,19,20). The monoisotopic (exact) mass is 375 g/mol. The molecule has 0 aliphatic rings. The molecule has 6 heteroatoms. The highest BCUT2D eigenvalue weighted by Crippen LogP contribution is 2.28. The van der Waals surface area contributed by atoms with Crippen molar-refractivity contribution < 1.29 is 0 Å². The van der Waals surface area contributed by atoms with Gasteiger partial charge in [0.15, 0.2) is 5.82 Å². The van der Waals surface area contributed by atoms with Gasteiger partial charge in [-0.15, -0.1) is 0 Å². The fraction of sp³-hybridized carbons (Fsp3) is 0. The minimum absolute atomic E-state index is 0.452. The van der Waals surface area contributed by atoms with Gasteiger partial charge < -0.3 is 5.73 Å². The van der Waals surface area contributed by atoms with Gasteiger partial charge in [0.1, 0.15) is 17.8 Å². The summed E-state index contributed by atoms with van der Waals surface area (Å²) in [7, 11) is 0. The Morgan fingerprint density at radius 2 is 1.80 bits per heavy atom. The van der Waals surface area contributed by atoms with Crippen molar-refractivity contribution in [3.05, 3.63) is 52.5 Å².